The van der Waals surface area contributed by atoms with Crippen LogP contribution in [0.5, 0.6) is 0 Å². The molecular formula is C6H18Si2. The molecule has 0 aromatic rings. The zero-order valence-electron chi connectivity index (χ0n) is 6.41. The molecule has 0 saturated carbocycles. The van der Waals surface area contributed by atoms with Crippen molar-refractivity contribution in [1.82, 2.24) is 0 Å². The lowest BCUT2D eigenvalue weighted by Gasteiger charge is -1.98. The molecule has 0 fully saturated rings. The Labute approximate surface area is 57.1 Å². The summed E-state index contributed by atoms with van der Waals surface area (Å²) >= 11 is 0. The average Bonchev–Trinajstić information content (AvgIpc) is 1.66. The fraction of sp³-hybridized carbons (Fsp3) is 1.00. The van der Waals surface area contributed by atoms with Gasteiger partial charge in [-0.2, -0.15) is 0 Å². The molecule has 0 unspecified atom stereocenters. The molecule has 0 rings (SSSR count). The van der Waals surface area contributed by atoms with Crippen molar-refractivity contribution in [2.24, 2.45) is 0 Å². The number of hydrogen-bond acceptors (Lipinski definition) is 0. The smallest absolute Gasteiger partial charge is 0.0302 e. The van der Waals surface area contributed by atoms with Crippen molar-refractivity contribution in [2.45, 2.75) is 38.2 Å². The minimum absolute atomic E-state index is 0.167. The summed E-state index contributed by atoms with van der Waals surface area (Å²) in [6.07, 6.45) is 0. The van der Waals surface area contributed by atoms with Crippen LogP contribution in [0, 0.1) is 0 Å². The van der Waals surface area contributed by atoms with Crippen molar-refractivity contribution in [3.05, 3.63) is 0 Å². The maximum atomic E-state index is 2.45. The zero-order valence-corrected chi connectivity index (χ0v) is 8.97. The van der Waals surface area contributed by atoms with Crippen LogP contribution in [0.2, 0.25) is 31.2 Å². The lowest BCUT2D eigenvalue weighted by atomic mass is 10.9. The SMILES string of the molecule is CC[SiH2]CC[SiH](C)C. The monoisotopic (exact) mass is 146 g/mol. The third-order valence-electron chi connectivity index (χ3n) is 1.39. The minimum Gasteiger partial charge on any atom is -0.0722 e. The summed E-state index contributed by atoms with van der Waals surface area (Å²) in [6, 6.07) is 4.75. The van der Waals surface area contributed by atoms with E-state index in [1.165, 1.54) is 6.04 Å². The van der Waals surface area contributed by atoms with Crippen LogP contribution in [0.4, 0.5) is 0 Å². The molecule has 0 atom stereocenters. The van der Waals surface area contributed by atoms with Crippen molar-refractivity contribution < 1.29 is 0 Å². The summed E-state index contributed by atoms with van der Waals surface area (Å²) in [6.45, 7) is 7.22. The molecule has 0 nitrogen and oxygen atoms in total. The Morgan fingerprint density at radius 1 is 1.38 bits per heavy atom. The molecule has 0 aliphatic heterocycles. The van der Waals surface area contributed by atoms with E-state index in [4.69, 9.17) is 0 Å². The quantitative estimate of drug-likeness (QED) is 0.416. The van der Waals surface area contributed by atoms with E-state index in [9.17, 15) is 0 Å². The maximum Gasteiger partial charge on any atom is 0.0302 e. The molecule has 50 valence electrons. The van der Waals surface area contributed by atoms with E-state index in [0.717, 1.165) is 0 Å². The molecule has 0 spiro atoms. The topological polar surface area (TPSA) is 0 Å². The van der Waals surface area contributed by atoms with Gasteiger partial charge in [0.1, 0.15) is 0 Å². The first-order valence-corrected chi connectivity index (χ1v) is 8.90. The standard InChI is InChI=1S/C6H18Si2/c1-4-7-5-6-8(2)3/h8H,4-7H2,1-3H3. The maximum absolute atomic E-state index is 2.45. The van der Waals surface area contributed by atoms with Gasteiger partial charge in [0.2, 0.25) is 0 Å². The Balaban J connectivity index is 2.72. The normalized spacial score (nSPS) is 12.0. The van der Waals surface area contributed by atoms with Gasteiger partial charge in [-0.1, -0.05) is 38.2 Å². The summed E-state index contributed by atoms with van der Waals surface area (Å²) < 4.78 is 0. The van der Waals surface area contributed by atoms with Gasteiger partial charge in [-0.25, -0.2) is 0 Å². The highest BCUT2D eigenvalue weighted by Gasteiger charge is 1.92. The van der Waals surface area contributed by atoms with Crippen LogP contribution in [0.25, 0.3) is 0 Å². The van der Waals surface area contributed by atoms with Crippen LogP contribution in [0.1, 0.15) is 6.92 Å². The van der Waals surface area contributed by atoms with E-state index >= 15 is 0 Å². The molecule has 0 bridgehead atoms. The average molecular weight is 146 g/mol. The van der Waals surface area contributed by atoms with Gasteiger partial charge in [0, 0.05) is 18.3 Å². The highest BCUT2D eigenvalue weighted by Crippen LogP contribution is 1.97. The Morgan fingerprint density at radius 2 is 2.00 bits per heavy atom. The van der Waals surface area contributed by atoms with Crippen LogP contribution in [0.15, 0.2) is 0 Å². The van der Waals surface area contributed by atoms with E-state index in [1.54, 1.807) is 12.1 Å². The van der Waals surface area contributed by atoms with Gasteiger partial charge in [-0.3, -0.25) is 0 Å². The van der Waals surface area contributed by atoms with Crippen molar-refractivity contribution in [3.63, 3.8) is 0 Å². The third-order valence-corrected chi connectivity index (χ3v) is 5.38. The zero-order chi connectivity index (χ0) is 6.41. The predicted molar refractivity (Wildman–Crippen MR) is 47.5 cm³/mol. The van der Waals surface area contributed by atoms with E-state index < -0.39 is 0 Å². The van der Waals surface area contributed by atoms with E-state index in [0.29, 0.717) is 9.52 Å². The summed E-state index contributed by atoms with van der Waals surface area (Å²) in [4.78, 5) is 0. The molecule has 0 aromatic heterocycles. The second kappa shape index (κ2) is 5.57. The Bertz CT molecular complexity index is 43.8. The van der Waals surface area contributed by atoms with Crippen LogP contribution in [-0.4, -0.2) is 18.3 Å². The summed E-state index contributed by atoms with van der Waals surface area (Å²) in [5.74, 6) is 0. The highest BCUT2D eigenvalue weighted by molar-refractivity contribution is 6.57. The van der Waals surface area contributed by atoms with Gasteiger partial charge >= 0.3 is 0 Å². The molecule has 0 heterocycles. The molecule has 0 aromatic carbocycles. The Morgan fingerprint density at radius 3 is 2.38 bits per heavy atom. The summed E-state index contributed by atoms with van der Waals surface area (Å²) in [5.41, 5.74) is 0. The lowest BCUT2D eigenvalue weighted by Crippen LogP contribution is -1.99. The molecule has 0 N–H and O–H groups in total. The number of rotatable bonds is 4. The van der Waals surface area contributed by atoms with Gasteiger partial charge in [0.15, 0.2) is 0 Å². The largest absolute Gasteiger partial charge is 0.0722 e. The Kier molecular flexibility index (Phi) is 5.87. The van der Waals surface area contributed by atoms with Gasteiger partial charge in [0.25, 0.3) is 0 Å². The number of hydrogen-bond donors (Lipinski definition) is 0. The van der Waals surface area contributed by atoms with Crippen LogP contribution in [0.3, 0.4) is 0 Å². The van der Waals surface area contributed by atoms with Crippen LogP contribution >= 0.6 is 0 Å². The fourth-order valence-corrected chi connectivity index (χ4v) is 5.72. The van der Waals surface area contributed by atoms with E-state index in [-0.39, 0.29) is 8.80 Å². The second-order valence-electron chi connectivity index (χ2n) is 2.89. The first-order chi connectivity index (χ1) is 3.77. The first kappa shape index (κ1) is 8.43. The molecule has 0 amide bonds. The predicted octanol–water partition coefficient (Wildman–Crippen LogP) is 1.50. The van der Waals surface area contributed by atoms with Crippen molar-refractivity contribution in [3.8, 4) is 0 Å². The van der Waals surface area contributed by atoms with Gasteiger partial charge < -0.3 is 0 Å². The molecule has 0 radical (unpaired) electrons. The first-order valence-electron chi connectivity index (χ1n) is 3.77. The molecular weight excluding hydrogens is 128 g/mol. The van der Waals surface area contributed by atoms with Crippen molar-refractivity contribution in [1.29, 1.82) is 0 Å². The second-order valence-corrected chi connectivity index (χ2v) is 8.67. The van der Waals surface area contributed by atoms with Gasteiger partial charge in [0.05, 0.1) is 0 Å². The van der Waals surface area contributed by atoms with E-state index in [1.807, 2.05) is 0 Å². The van der Waals surface area contributed by atoms with Crippen molar-refractivity contribution >= 4 is 18.3 Å². The fourth-order valence-electron chi connectivity index (χ4n) is 0.803. The molecule has 0 aliphatic carbocycles. The highest BCUT2D eigenvalue weighted by atomic mass is 28.3. The van der Waals surface area contributed by atoms with Crippen molar-refractivity contribution in [2.75, 3.05) is 0 Å². The molecule has 0 aliphatic rings. The van der Waals surface area contributed by atoms with Crippen LogP contribution < -0.4 is 0 Å². The molecule has 0 saturated heterocycles. The van der Waals surface area contributed by atoms with E-state index in [2.05, 4.69) is 20.0 Å². The Hall–Kier alpha value is 0.434. The summed E-state index contributed by atoms with van der Waals surface area (Å²) in [7, 11) is 0.246. The molecule has 8 heavy (non-hydrogen) atoms. The van der Waals surface area contributed by atoms with Gasteiger partial charge in [-0.15, -0.1) is 0 Å². The molecule has 2 heteroatoms. The summed E-state index contributed by atoms with van der Waals surface area (Å²) in [5, 5.41) is 0. The third kappa shape index (κ3) is 6.43. The lowest BCUT2D eigenvalue weighted by molar-refractivity contribution is 1.33. The van der Waals surface area contributed by atoms with Gasteiger partial charge in [-0.05, 0) is 0 Å². The minimum atomic E-state index is -0.167. The van der Waals surface area contributed by atoms with Crippen LogP contribution in [-0.2, 0) is 0 Å².